The van der Waals surface area contributed by atoms with Gasteiger partial charge in [-0.2, -0.15) is 0 Å². The number of hydrogen-bond donors (Lipinski definition) is 1. The highest BCUT2D eigenvalue weighted by atomic mass is 16.2. The van der Waals surface area contributed by atoms with Crippen LogP contribution in [0.4, 0.5) is 5.69 Å². The third kappa shape index (κ3) is 6.79. The van der Waals surface area contributed by atoms with E-state index < -0.39 is 0 Å². The Morgan fingerprint density at radius 3 is 2.28 bits per heavy atom. The molecule has 0 unspecified atom stereocenters. The minimum Gasteiger partial charge on any atom is -0.342 e. The number of nitrogens with one attached hydrogen (secondary N) is 1. The Kier molecular flexibility index (Phi) is 7.20. The Morgan fingerprint density at radius 1 is 0.960 bits per heavy atom. The predicted octanol–water partition coefficient (Wildman–Crippen LogP) is 3.80. The van der Waals surface area contributed by atoms with E-state index >= 15 is 0 Å². The molecule has 0 bridgehead atoms. The van der Waals surface area contributed by atoms with Gasteiger partial charge in [-0.15, -0.1) is 0 Å². The molecule has 2 aromatic rings. The van der Waals surface area contributed by atoms with Crippen molar-refractivity contribution in [1.29, 1.82) is 0 Å². The molecule has 0 saturated heterocycles. The van der Waals surface area contributed by atoms with Gasteiger partial charge in [0.1, 0.15) is 0 Å². The molecule has 0 aromatic heterocycles. The summed E-state index contributed by atoms with van der Waals surface area (Å²) >= 11 is 0. The third-order valence-electron chi connectivity index (χ3n) is 4.13. The monoisotopic (exact) mass is 338 g/mol. The van der Waals surface area contributed by atoms with Crippen LogP contribution in [0, 0.1) is 6.92 Å². The van der Waals surface area contributed by atoms with Crippen molar-refractivity contribution in [3.05, 3.63) is 65.7 Å². The fourth-order valence-corrected chi connectivity index (χ4v) is 2.64. The molecule has 2 amide bonds. The van der Waals surface area contributed by atoms with Crippen LogP contribution in [0.3, 0.4) is 0 Å². The van der Waals surface area contributed by atoms with Gasteiger partial charge in [-0.25, -0.2) is 0 Å². The second-order valence-electron chi connectivity index (χ2n) is 6.26. The summed E-state index contributed by atoms with van der Waals surface area (Å²) < 4.78 is 0. The number of hydrogen-bond acceptors (Lipinski definition) is 2. The first-order valence-electron chi connectivity index (χ1n) is 8.70. The lowest BCUT2D eigenvalue weighted by molar-refractivity contribution is -0.129. The zero-order valence-corrected chi connectivity index (χ0v) is 15.0. The molecule has 0 spiro atoms. The second kappa shape index (κ2) is 9.62. The first kappa shape index (κ1) is 18.7. The summed E-state index contributed by atoms with van der Waals surface area (Å²) in [6, 6.07) is 17.9. The maximum atomic E-state index is 12.1. The first-order chi connectivity index (χ1) is 12.0. The van der Waals surface area contributed by atoms with Gasteiger partial charge >= 0.3 is 0 Å². The lowest BCUT2D eigenvalue weighted by Gasteiger charge is -2.20. The average molecular weight is 338 g/mol. The summed E-state index contributed by atoms with van der Waals surface area (Å²) in [5.74, 6) is -0.0608. The minimum absolute atomic E-state index is 0.0104. The minimum atomic E-state index is -0.0711. The summed E-state index contributed by atoms with van der Waals surface area (Å²) in [6.07, 6.45) is 2.13. The Bertz CT molecular complexity index is 681. The number of aryl methyl sites for hydroxylation is 2. The van der Waals surface area contributed by atoms with Crippen molar-refractivity contribution in [2.45, 2.75) is 33.1 Å². The van der Waals surface area contributed by atoms with Gasteiger partial charge in [-0.05, 0) is 37.5 Å². The highest BCUT2D eigenvalue weighted by molar-refractivity contribution is 5.91. The van der Waals surface area contributed by atoms with Crippen LogP contribution >= 0.6 is 0 Å². The summed E-state index contributed by atoms with van der Waals surface area (Å²) in [4.78, 5) is 25.6. The van der Waals surface area contributed by atoms with Gasteiger partial charge < -0.3 is 10.2 Å². The van der Waals surface area contributed by atoms with Crippen molar-refractivity contribution in [3.63, 3.8) is 0 Å². The number of amides is 2. The van der Waals surface area contributed by atoms with Crippen LogP contribution in [0.2, 0.25) is 0 Å². The topological polar surface area (TPSA) is 49.4 Å². The summed E-state index contributed by atoms with van der Waals surface area (Å²) in [6.45, 7) is 4.68. The number of benzene rings is 2. The Balaban J connectivity index is 1.75. The van der Waals surface area contributed by atoms with E-state index in [-0.39, 0.29) is 11.8 Å². The number of anilines is 1. The van der Waals surface area contributed by atoms with Crippen molar-refractivity contribution in [2.24, 2.45) is 0 Å². The smallest absolute Gasteiger partial charge is 0.226 e. The van der Waals surface area contributed by atoms with Crippen LogP contribution in [0.1, 0.15) is 30.9 Å². The molecule has 4 nitrogen and oxygen atoms in total. The number of carbonyl (C=O) groups excluding carboxylic acids is 2. The Morgan fingerprint density at radius 2 is 1.64 bits per heavy atom. The molecule has 4 heteroatoms. The van der Waals surface area contributed by atoms with Crippen molar-refractivity contribution < 1.29 is 9.59 Å². The average Bonchev–Trinajstić information content (AvgIpc) is 2.60. The SMILES string of the molecule is CC(=O)N(CCCc1ccccc1)CCC(=O)Nc1ccc(C)cc1. The van der Waals surface area contributed by atoms with Gasteiger partial charge in [-0.3, -0.25) is 9.59 Å². The molecule has 0 atom stereocenters. The maximum absolute atomic E-state index is 12.1. The summed E-state index contributed by atoms with van der Waals surface area (Å²) in [5, 5.41) is 2.87. The van der Waals surface area contributed by atoms with Gasteiger partial charge in [-0.1, -0.05) is 48.0 Å². The molecule has 0 aliphatic rings. The quantitative estimate of drug-likeness (QED) is 0.796. The number of carbonyl (C=O) groups is 2. The zero-order chi connectivity index (χ0) is 18.1. The standard InChI is InChI=1S/C21H26N2O2/c1-17-10-12-20(13-11-17)22-21(25)14-16-23(18(2)24)15-6-9-19-7-4-3-5-8-19/h3-5,7-8,10-13H,6,9,14-16H2,1-2H3,(H,22,25). The fraction of sp³-hybridized carbons (Fsp3) is 0.333. The van der Waals surface area contributed by atoms with Crippen LogP contribution in [0.5, 0.6) is 0 Å². The van der Waals surface area contributed by atoms with Gasteiger partial charge in [0, 0.05) is 32.1 Å². The van der Waals surface area contributed by atoms with Crippen LogP contribution in [-0.4, -0.2) is 29.8 Å². The molecule has 2 aromatic carbocycles. The molecule has 0 heterocycles. The van der Waals surface area contributed by atoms with Crippen molar-refractivity contribution in [2.75, 3.05) is 18.4 Å². The van der Waals surface area contributed by atoms with Gasteiger partial charge in [0.25, 0.3) is 0 Å². The van der Waals surface area contributed by atoms with E-state index in [1.807, 2.05) is 49.4 Å². The molecule has 2 rings (SSSR count). The molecule has 0 aliphatic carbocycles. The second-order valence-corrected chi connectivity index (χ2v) is 6.26. The lowest BCUT2D eigenvalue weighted by Crippen LogP contribution is -2.33. The van der Waals surface area contributed by atoms with Crippen LogP contribution in [0.15, 0.2) is 54.6 Å². The predicted molar refractivity (Wildman–Crippen MR) is 101 cm³/mol. The number of nitrogens with zero attached hydrogens (tertiary/aromatic N) is 1. The van der Waals surface area contributed by atoms with E-state index in [1.165, 1.54) is 5.56 Å². The highest BCUT2D eigenvalue weighted by Gasteiger charge is 2.11. The van der Waals surface area contributed by atoms with Gasteiger partial charge in [0.05, 0.1) is 0 Å². The molecular formula is C21H26N2O2. The lowest BCUT2D eigenvalue weighted by atomic mass is 10.1. The van der Waals surface area contributed by atoms with Gasteiger partial charge in [0.2, 0.25) is 11.8 Å². The van der Waals surface area contributed by atoms with Crippen molar-refractivity contribution in [3.8, 4) is 0 Å². The van der Waals surface area contributed by atoms with E-state index in [1.54, 1.807) is 11.8 Å². The fourth-order valence-electron chi connectivity index (χ4n) is 2.64. The summed E-state index contributed by atoms with van der Waals surface area (Å²) in [7, 11) is 0. The molecule has 132 valence electrons. The normalized spacial score (nSPS) is 10.3. The molecule has 0 radical (unpaired) electrons. The Hall–Kier alpha value is -2.62. The Labute approximate surface area is 149 Å². The summed E-state index contributed by atoms with van der Waals surface area (Å²) in [5.41, 5.74) is 3.20. The molecular weight excluding hydrogens is 312 g/mol. The van der Waals surface area contributed by atoms with Crippen LogP contribution in [-0.2, 0) is 16.0 Å². The third-order valence-corrected chi connectivity index (χ3v) is 4.13. The van der Waals surface area contributed by atoms with Crippen molar-refractivity contribution >= 4 is 17.5 Å². The van der Waals surface area contributed by atoms with E-state index in [0.717, 1.165) is 24.1 Å². The van der Waals surface area contributed by atoms with Crippen LogP contribution < -0.4 is 5.32 Å². The highest BCUT2D eigenvalue weighted by Crippen LogP contribution is 2.09. The molecule has 25 heavy (non-hydrogen) atoms. The van der Waals surface area contributed by atoms with Crippen LogP contribution in [0.25, 0.3) is 0 Å². The molecule has 0 saturated carbocycles. The first-order valence-corrected chi connectivity index (χ1v) is 8.70. The van der Waals surface area contributed by atoms with E-state index in [4.69, 9.17) is 0 Å². The van der Waals surface area contributed by atoms with E-state index in [0.29, 0.717) is 19.5 Å². The van der Waals surface area contributed by atoms with E-state index in [9.17, 15) is 9.59 Å². The van der Waals surface area contributed by atoms with Crippen molar-refractivity contribution in [1.82, 2.24) is 4.90 Å². The molecule has 0 aliphatic heterocycles. The van der Waals surface area contributed by atoms with Gasteiger partial charge in [0.15, 0.2) is 0 Å². The maximum Gasteiger partial charge on any atom is 0.226 e. The molecule has 0 fully saturated rings. The molecule has 1 N–H and O–H groups in total. The number of rotatable bonds is 8. The van der Waals surface area contributed by atoms with E-state index in [2.05, 4.69) is 17.4 Å². The largest absolute Gasteiger partial charge is 0.342 e. The zero-order valence-electron chi connectivity index (χ0n) is 15.0.